The summed E-state index contributed by atoms with van der Waals surface area (Å²) in [5, 5.41) is 15.2. The Bertz CT molecular complexity index is 1210. The van der Waals surface area contributed by atoms with Crippen LogP contribution in [0.4, 0.5) is 5.69 Å². The smallest absolute Gasteiger partial charge is 0.255 e. The molecule has 32 heavy (non-hydrogen) atoms. The highest BCUT2D eigenvalue weighted by molar-refractivity contribution is 6.31. The minimum absolute atomic E-state index is 0.125. The fraction of sp³-hybridized carbons (Fsp3) is 0.318. The van der Waals surface area contributed by atoms with Crippen LogP contribution >= 0.6 is 11.6 Å². The third kappa shape index (κ3) is 4.29. The van der Waals surface area contributed by atoms with E-state index in [2.05, 4.69) is 25.6 Å². The van der Waals surface area contributed by atoms with Crippen LogP contribution in [0, 0.1) is 11.3 Å². The molecule has 2 heterocycles. The number of anilines is 1. The minimum Gasteiger partial charge on any atom is -0.388 e. The van der Waals surface area contributed by atoms with Crippen molar-refractivity contribution >= 4 is 46.0 Å². The van der Waals surface area contributed by atoms with Crippen molar-refractivity contribution in [2.75, 3.05) is 12.4 Å². The standard InChI is InChI=1S/C22H24ClN7O2/c1-26-16-8-12(23)5-6-14(16)18(24)17-10-28-21-19(30-17)15(9-27-21)22(32)29-13-4-2-3-11(7-13)20(25)31/h5-6,8-11,13,24,26H,2-4,7H2,1H3,(H2,25,31)(H,27,28)(H,29,32)/t11-,13-/m0/s1. The van der Waals surface area contributed by atoms with E-state index in [1.165, 1.54) is 6.20 Å². The zero-order valence-electron chi connectivity index (χ0n) is 17.5. The number of benzene rings is 1. The summed E-state index contributed by atoms with van der Waals surface area (Å²) in [5.41, 5.74) is 8.42. The highest BCUT2D eigenvalue weighted by Crippen LogP contribution is 2.26. The average Bonchev–Trinajstić information content (AvgIpc) is 3.22. The van der Waals surface area contributed by atoms with Gasteiger partial charge in [-0.2, -0.15) is 0 Å². The van der Waals surface area contributed by atoms with Gasteiger partial charge in [-0.05, 0) is 37.5 Å². The van der Waals surface area contributed by atoms with Crippen molar-refractivity contribution in [2.24, 2.45) is 11.7 Å². The number of hydrogen-bond donors (Lipinski definition) is 5. The number of fused-ring (bicyclic) bond motifs is 1. The molecule has 9 nitrogen and oxygen atoms in total. The molecule has 0 bridgehead atoms. The van der Waals surface area contributed by atoms with Crippen LogP contribution in [0.1, 0.15) is 47.3 Å². The molecule has 166 valence electrons. The number of nitrogens with one attached hydrogen (secondary N) is 4. The van der Waals surface area contributed by atoms with Crippen molar-refractivity contribution in [3.63, 3.8) is 0 Å². The number of halogens is 1. The van der Waals surface area contributed by atoms with Crippen molar-refractivity contribution in [1.29, 1.82) is 5.41 Å². The molecule has 0 saturated heterocycles. The lowest BCUT2D eigenvalue weighted by atomic mass is 9.85. The van der Waals surface area contributed by atoms with E-state index >= 15 is 0 Å². The van der Waals surface area contributed by atoms with Crippen molar-refractivity contribution in [3.05, 3.63) is 52.4 Å². The molecular formula is C22H24ClN7O2. The predicted molar refractivity (Wildman–Crippen MR) is 123 cm³/mol. The molecule has 10 heteroatoms. The van der Waals surface area contributed by atoms with Gasteiger partial charge < -0.3 is 21.4 Å². The summed E-state index contributed by atoms with van der Waals surface area (Å²) < 4.78 is 0. The van der Waals surface area contributed by atoms with E-state index in [9.17, 15) is 9.59 Å². The lowest BCUT2D eigenvalue weighted by molar-refractivity contribution is -0.122. The maximum absolute atomic E-state index is 13.0. The predicted octanol–water partition coefficient (Wildman–Crippen LogP) is 2.84. The number of rotatable bonds is 6. The average molecular weight is 454 g/mol. The van der Waals surface area contributed by atoms with Gasteiger partial charge in [-0.25, -0.2) is 9.97 Å². The number of nitrogens with two attached hydrogens (primary N) is 1. The summed E-state index contributed by atoms with van der Waals surface area (Å²) in [4.78, 5) is 36.3. The molecule has 0 unspecified atom stereocenters. The Morgan fingerprint density at radius 2 is 2.09 bits per heavy atom. The first kappa shape index (κ1) is 21.8. The van der Waals surface area contributed by atoms with E-state index in [1.807, 2.05) is 0 Å². The molecular weight excluding hydrogens is 430 g/mol. The van der Waals surface area contributed by atoms with Gasteiger partial charge in [0, 0.05) is 41.5 Å². The van der Waals surface area contributed by atoms with Gasteiger partial charge in [0.05, 0.1) is 17.5 Å². The van der Waals surface area contributed by atoms with Gasteiger partial charge in [0.15, 0.2) is 5.65 Å². The Hall–Kier alpha value is -3.46. The van der Waals surface area contributed by atoms with Crippen LogP contribution in [0.25, 0.3) is 11.2 Å². The fourth-order valence-electron chi connectivity index (χ4n) is 4.11. The molecule has 4 rings (SSSR count). The molecule has 1 saturated carbocycles. The van der Waals surface area contributed by atoms with E-state index in [4.69, 9.17) is 22.7 Å². The molecule has 2 amide bonds. The second-order valence-corrected chi connectivity index (χ2v) is 8.34. The molecule has 1 aromatic carbocycles. The third-order valence-electron chi connectivity index (χ3n) is 5.81. The first-order chi connectivity index (χ1) is 15.4. The minimum atomic E-state index is -0.326. The fourth-order valence-corrected chi connectivity index (χ4v) is 4.28. The van der Waals surface area contributed by atoms with Crippen LogP contribution in [-0.4, -0.2) is 45.6 Å². The number of nitrogens with zero attached hydrogens (tertiary/aromatic N) is 2. The number of aromatic amines is 1. The van der Waals surface area contributed by atoms with Gasteiger partial charge in [0.1, 0.15) is 11.2 Å². The van der Waals surface area contributed by atoms with E-state index < -0.39 is 0 Å². The topological polar surface area (TPSA) is 150 Å². The lowest BCUT2D eigenvalue weighted by Crippen LogP contribution is -2.41. The summed E-state index contributed by atoms with van der Waals surface area (Å²) in [5.74, 6) is -0.843. The van der Waals surface area contributed by atoms with Crippen LogP contribution in [0.3, 0.4) is 0 Å². The van der Waals surface area contributed by atoms with Crippen LogP contribution in [0.5, 0.6) is 0 Å². The Morgan fingerprint density at radius 3 is 2.84 bits per heavy atom. The van der Waals surface area contributed by atoms with Gasteiger partial charge in [0.25, 0.3) is 5.91 Å². The maximum atomic E-state index is 13.0. The zero-order valence-corrected chi connectivity index (χ0v) is 18.3. The van der Waals surface area contributed by atoms with Gasteiger partial charge in [0.2, 0.25) is 5.91 Å². The summed E-state index contributed by atoms with van der Waals surface area (Å²) in [6.45, 7) is 0. The largest absolute Gasteiger partial charge is 0.388 e. The number of carbonyl (C=O) groups is 2. The van der Waals surface area contributed by atoms with Crippen molar-refractivity contribution in [1.82, 2.24) is 20.3 Å². The molecule has 2 atom stereocenters. The maximum Gasteiger partial charge on any atom is 0.255 e. The number of aromatic nitrogens is 3. The molecule has 1 aliphatic carbocycles. The molecule has 0 spiro atoms. The number of hydrogen-bond acceptors (Lipinski definition) is 6. The molecule has 1 fully saturated rings. The quantitative estimate of drug-likeness (QED) is 0.364. The SMILES string of the molecule is CNc1cc(Cl)ccc1C(=N)c1cnc2[nH]cc(C(=O)N[C@H]3CCC[C@H](C(N)=O)C3)c2n1. The van der Waals surface area contributed by atoms with E-state index in [-0.39, 0.29) is 29.5 Å². The van der Waals surface area contributed by atoms with Gasteiger partial charge in [-0.1, -0.05) is 18.0 Å². The van der Waals surface area contributed by atoms with E-state index in [1.54, 1.807) is 31.4 Å². The number of amides is 2. The number of carbonyl (C=O) groups excluding carboxylic acids is 2. The monoisotopic (exact) mass is 453 g/mol. The van der Waals surface area contributed by atoms with Crippen LogP contribution < -0.4 is 16.4 Å². The summed E-state index contributed by atoms with van der Waals surface area (Å²) >= 11 is 6.06. The third-order valence-corrected chi connectivity index (χ3v) is 6.05. The highest BCUT2D eigenvalue weighted by atomic mass is 35.5. The van der Waals surface area contributed by atoms with Crippen LogP contribution in [-0.2, 0) is 4.79 Å². The molecule has 6 N–H and O–H groups in total. The van der Waals surface area contributed by atoms with Crippen molar-refractivity contribution < 1.29 is 9.59 Å². The van der Waals surface area contributed by atoms with E-state index in [0.717, 1.165) is 19.3 Å². The first-order valence-corrected chi connectivity index (χ1v) is 10.8. The van der Waals surface area contributed by atoms with E-state index in [0.29, 0.717) is 45.1 Å². The van der Waals surface area contributed by atoms with Crippen molar-refractivity contribution in [2.45, 2.75) is 31.7 Å². The second kappa shape index (κ2) is 8.96. The summed E-state index contributed by atoms with van der Waals surface area (Å²) in [6.07, 6.45) is 5.98. The first-order valence-electron chi connectivity index (χ1n) is 10.4. The molecule has 2 aromatic heterocycles. The molecule has 3 aromatic rings. The Kier molecular flexibility index (Phi) is 6.09. The summed E-state index contributed by atoms with van der Waals surface area (Å²) in [6, 6.07) is 5.05. The Labute approximate surface area is 189 Å². The lowest BCUT2D eigenvalue weighted by Gasteiger charge is -2.27. The zero-order chi connectivity index (χ0) is 22.8. The van der Waals surface area contributed by atoms with Crippen molar-refractivity contribution in [3.8, 4) is 0 Å². The molecule has 0 aliphatic heterocycles. The van der Waals surface area contributed by atoms with Crippen LogP contribution in [0.2, 0.25) is 5.02 Å². The Balaban J connectivity index is 1.60. The number of H-pyrrole nitrogens is 1. The van der Waals surface area contributed by atoms with Crippen LogP contribution in [0.15, 0.2) is 30.6 Å². The molecule has 1 aliphatic rings. The van der Waals surface area contributed by atoms with Gasteiger partial charge >= 0.3 is 0 Å². The number of primary amides is 1. The highest BCUT2D eigenvalue weighted by Gasteiger charge is 2.28. The Morgan fingerprint density at radius 1 is 1.28 bits per heavy atom. The van der Waals surface area contributed by atoms with Gasteiger partial charge in [-0.3, -0.25) is 15.0 Å². The second-order valence-electron chi connectivity index (χ2n) is 7.91. The van der Waals surface area contributed by atoms with Gasteiger partial charge in [-0.15, -0.1) is 0 Å². The summed E-state index contributed by atoms with van der Waals surface area (Å²) in [7, 11) is 1.75. The molecule has 0 radical (unpaired) electrons. The normalized spacial score (nSPS) is 18.3.